The van der Waals surface area contributed by atoms with Crippen molar-refractivity contribution in [3.8, 4) is 22.6 Å². The molecule has 1 aromatic heterocycles. The second-order valence-electron chi connectivity index (χ2n) is 8.66. The molecule has 0 amide bonds. The molecule has 32 heavy (non-hydrogen) atoms. The lowest BCUT2D eigenvalue weighted by molar-refractivity contribution is 0.665. The fourth-order valence-corrected chi connectivity index (χ4v) is 3.00. The summed E-state index contributed by atoms with van der Waals surface area (Å²) in [4.78, 5) is 18.1. The van der Waals surface area contributed by atoms with Crippen LogP contribution in [-0.2, 0) is 0 Å². The van der Waals surface area contributed by atoms with Gasteiger partial charge in [-0.15, -0.1) is 0 Å². The monoisotopic (exact) mass is 428 g/mol. The van der Waals surface area contributed by atoms with E-state index in [1.807, 2.05) is 54.6 Å². The van der Waals surface area contributed by atoms with Gasteiger partial charge in [0, 0.05) is 41.5 Å². The van der Waals surface area contributed by atoms with Gasteiger partial charge in [-0.1, -0.05) is 76.2 Å². The highest BCUT2D eigenvalue weighted by molar-refractivity contribution is 5.98. The van der Waals surface area contributed by atoms with Crippen LogP contribution in [0.2, 0.25) is 0 Å². The molecule has 0 saturated carbocycles. The molecule has 0 aliphatic heterocycles. The molecule has 0 aliphatic carbocycles. The molecule has 0 unspecified atom stereocenters. The fourth-order valence-electron chi connectivity index (χ4n) is 3.00. The molecule has 0 atom stereocenters. The van der Waals surface area contributed by atoms with Crippen molar-refractivity contribution in [2.75, 3.05) is 13.1 Å². The molecule has 0 spiro atoms. The van der Waals surface area contributed by atoms with Crippen LogP contribution in [0.5, 0.6) is 0 Å². The summed E-state index contributed by atoms with van der Waals surface area (Å²) in [6, 6.07) is 17.7. The summed E-state index contributed by atoms with van der Waals surface area (Å²) < 4.78 is 0. The van der Waals surface area contributed by atoms with Crippen LogP contribution in [-0.4, -0.2) is 34.7 Å². The molecular weight excluding hydrogens is 396 g/mol. The minimum absolute atomic E-state index is 0.474. The highest BCUT2D eigenvalue weighted by atomic mass is 14.9. The average Bonchev–Trinajstić information content (AvgIpc) is 2.81. The fraction of sp³-hybridized carbons (Fsp3) is 0.308. The Kier molecular flexibility index (Phi) is 7.71. The molecule has 3 aromatic rings. The Labute approximate surface area is 190 Å². The molecule has 0 radical (unpaired) electrons. The summed E-state index contributed by atoms with van der Waals surface area (Å²) in [5.41, 5.74) is 16.8. The topological polar surface area (TPSA) is 103 Å². The number of hydrogen-bond acceptors (Lipinski definition) is 4. The van der Waals surface area contributed by atoms with Crippen LogP contribution in [0.15, 0.2) is 70.8 Å². The summed E-state index contributed by atoms with van der Waals surface area (Å²) in [7, 11) is 0. The van der Waals surface area contributed by atoms with E-state index < -0.39 is 0 Å². The van der Waals surface area contributed by atoms with Crippen molar-refractivity contribution in [3.63, 3.8) is 0 Å². The number of benzene rings is 2. The Balaban J connectivity index is 1.78. The second kappa shape index (κ2) is 10.7. The van der Waals surface area contributed by atoms with Gasteiger partial charge in [0.2, 0.25) is 0 Å². The molecular formula is C26H32N6. The van der Waals surface area contributed by atoms with Gasteiger partial charge < -0.3 is 11.5 Å². The van der Waals surface area contributed by atoms with Gasteiger partial charge in [0.15, 0.2) is 5.82 Å². The Bertz CT molecular complexity index is 995. The SMILES string of the molecule is CC(C)CN=C(N)c1ccc(-c2ccnc(-c3ccc(C(N)=NCC(C)C)cc3)n2)cc1. The van der Waals surface area contributed by atoms with E-state index >= 15 is 0 Å². The van der Waals surface area contributed by atoms with E-state index in [2.05, 4.69) is 42.7 Å². The minimum atomic E-state index is 0.474. The van der Waals surface area contributed by atoms with Gasteiger partial charge in [-0.3, -0.25) is 9.98 Å². The molecule has 0 aliphatic rings. The zero-order valence-electron chi connectivity index (χ0n) is 19.3. The number of aromatic nitrogens is 2. The third-order valence-corrected chi connectivity index (χ3v) is 4.82. The maximum absolute atomic E-state index is 6.11. The van der Waals surface area contributed by atoms with E-state index in [1.165, 1.54) is 0 Å². The molecule has 1 heterocycles. The number of hydrogen-bond donors (Lipinski definition) is 2. The average molecular weight is 429 g/mol. The lowest BCUT2D eigenvalue weighted by atomic mass is 10.1. The van der Waals surface area contributed by atoms with Crippen LogP contribution in [0.1, 0.15) is 38.8 Å². The highest BCUT2D eigenvalue weighted by Crippen LogP contribution is 2.22. The van der Waals surface area contributed by atoms with Crippen molar-refractivity contribution in [2.45, 2.75) is 27.7 Å². The van der Waals surface area contributed by atoms with Gasteiger partial charge >= 0.3 is 0 Å². The maximum Gasteiger partial charge on any atom is 0.159 e. The molecule has 0 fully saturated rings. The van der Waals surface area contributed by atoms with E-state index in [0.717, 1.165) is 34.5 Å². The third-order valence-electron chi connectivity index (χ3n) is 4.82. The van der Waals surface area contributed by atoms with Crippen molar-refractivity contribution >= 4 is 11.7 Å². The summed E-state index contributed by atoms with van der Waals surface area (Å²) in [5, 5.41) is 0. The van der Waals surface area contributed by atoms with Gasteiger partial charge in [-0.05, 0) is 17.9 Å². The number of amidine groups is 2. The molecule has 4 N–H and O–H groups in total. The van der Waals surface area contributed by atoms with E-state index in [1.54, 1.807) is 6.20 Å². The Hall–Kier alpha value is -3.54. The van der Waals surface area contributed by atoms with Crippen LogP contribution in [0, 0.1) is 11.8 Å². The standard InChI is InChI=1S/C26H32N6/c1-17(2)15-30-24(27)20-7-5-19(6-8-20)23-13-14-29-26(32-23)22-11-9-21(10-12-22)25(28)31-16-18(3)4/h5-14,17-18H,15-16H2,1-4H3,(H2,27,30)(H2,28,31). The molecule has 0 saturated heterocycles. The quantitative estimate of drug-likeness (QED) is 0.406. The van der Waals surface area contributed by atoms with Crippen molar-refractivity contribution in [1.82, 2.24) is 9.97 Å². The second-order valence-corrected chi connectivity index (χ2v) is 8.66. The first-order chi connectivity index (χ1) is 15.3. The Morgan fingerprint density at radius 2 is 1.19 bits per heavy atom. The van der Waals surface area contributed by atoms with Crippen LogP contribution < -0.4 is 11.5 Å². The van der Waals surface area contributed by atoms with Gasteiger partial charge in [-0.25, -0.2) is 9.97 Å². The summed E-state index contributed by atoms with van der Waals surface area (Å²) >= 11 is 0. The predicted octanol–water partition coefficient (Wildman–Crippen LogP) is 4.53. The normalized spacial score (nSPS) is 12.6. The predicted molar refractivity (Wildman–Crippen MR) is 134 cm³/mol. The van der Waals surface area contributed by atoms with Crippen molar-refractivity contribution in [2.24, 2.45) is 33.3 Å². The van der Waals surface area contributed by atoms with Gasteiger partial charge in [0.1, 0.15) is 11.7 Å². The maximum atomic E-state index is 6.11. The van der Waals surface area contributed by atoms with Crippen LogP contribution in [0.25, 0.3) is 22.6 Å². The largest absolute Gasteiger partial charge is 0.384 e. The third kappa shape index (κ3) is 6.23. The zero-order chi connectivity index (χ0) is 23.1. The van der Waals surface area contributed by atoms with Gasteiger partial charge in [-0.2, -0.15) is 0 Å². The Morgan fingerprint density at radius 3 is 1.66 bits per heavy atom. The number of aliphatic imine (C=N–C) groups is 2. The summed E-state index contributed by atoms with van der Waals surface area (Å²) in [6.45, 7) is 9.91. The van der Waals surface area contributed by atoms with E-state index in [4.69, 9.17) is 16.5 Å². The molecule has 2 aromatic carbocycles. The first-order valence-corrected chi connectivity index (χ1v) is 11.0. The van der Waals surface area contributed by atoms with E-state index in [-0.39, 0.29) is 0 Å². The smallest absolute Gasteiger partial charge is 0.159 e. The number of nitrogens with zero attached hydrogens (tertiary/aromatic N) is 4. The van der Waals surface area contributed by atoms with Gasteiger partial charge in [0.25, 0.3) is 0 Å². The number of nitrogens with two attached hydrogens (primary N) is 2. The highest BCUT2D eigenvalue weighted by Gasteiger charge is 2.07. The molecule has 3 rings (SSSR count). The van der Waals surface area contributed by atoms with Crippen LogP contribution in [0.3, 0.4) is 0 Å². The summed E-state index contributed by atoms with van der Waals surface area (Å²) in [5.74, 6) is 2.72. The molecule has 6 heteroatoms. The number of rotatable bonds is 8. The first-order valence-electron chi connectivity index (χ1n) is 11.0. The minimum Gasteiger partial charge on any atom is -0.384 e. The van der Waals surface area contributed by atoms with Crippen LogP contribution in [0.4, 0.5) is 0 Å². The molecule has 166 valence electrons. The van der Waals surface area contributed by atoms with Gasteiger partial charge in [0.05, 0.1) is 5.69 Å². The van der Waals surface area contributed by atoms with Crippen LogP contribution >= 0.6 is 0 Å². The molecule has 6 nitrogen and oxygen atoms in total. The van der Waals surface area contributed by atoms with E-state index in [9.17, 15) is 0 Å². The first kappa shape index (κ1) is 23.1. The lowest BCUT2D eigenvalue weighted by Gasteiger charge is -2.07. The zero-order valence-corrected chi connectivity index (χ0v) is 19.3. The Morgan fingerprint density at radius 1 is 0.719 bits per heavy atom. The molecule has 0 bridgehead atoms. The van der Waals surface area contributed by atoms with E-state index in [0.29, 0.717) is 35.9 Å². The lowest BCUT2D eigenvalue weighted by Crippen LogP contribution is -2.15. The summed E-state index contributed by atoms with van der Waals surface area (Å²) in [6.07, 6.45) is 1.77. The van der Waals surface area contributed by atoms with Crippen molar-refractivity contribution in [1.29, 1.82) is 0 Å². The van der Waals surface area contributed by atoms with Crippen molar-refractivity contribution in [3.05, 3.63) is 71.9 Å². The van der Waals surface area contributed by atoms with Crippen molar-refractivity contribution < 1.29 is 0 Å².